The molecule has 0 aromatic carbocycles. The second-order valence-electron chi connectivity index (χ2n) is 12.3. The molecule has 10 heteroatoms. The van der Waals surface area contributed by atoms with Gasteiger partial charge >= 0.3 is 11.9 Å². The topological polar surface area (TPSA) is 148 Å². The molecule has 3 fully saturated rings. The summed E-state index contributed by atoms with van der Waals surface area (Å²) in [5.74, 6) is -3.06. The summed E-state index contributed by atoms with van der Waals surface area (Å²) in [7, 11) is 1.41. The number of aliphatic hydroxyl groups is 3. The number of carbonyl (C=O) groups is 2. The Labute approximate surface area is 228 Å². The second kappa shape index (κ2) is 9.99. The number of hydrogen-bond donors (Lipinski definition) is 4. The van der Waals surface area contributed by atoms with Gasteiger partial charge in [0.1, 0.15) is 29.6 Å². The predicted octanol–water partition coefficient (Wildman–Crippen LogP) is 1.99. The number of esters is 2. The molecule has 0 amide bonds. The minimum Gasteiger partial charge on any atom is -0.457 e. The summed E-state index contributed by atoms with van der Waals surface area (Å²) >= 11 is 0. The molecule has 216 valence electrons. The summed E-state index contributed by atoms with van der Waals surface area (Å²) in [4.78, 5) is 29.0. The Balaban J connectivity index is 1.64. The number of aromatic amines is 1. The molecule has 1 aromatic rings. The van der Waals surface area contributed by atoms with Crippen LogP contribution < -0.4 is 0 Å². The minimum atomic E-state index is -1.16. The van der Waals surface area contributed by atoms with Crippen LogP contribution in [-0.4, -0.2) is 87.7 Å². The molecule has 1 aromatic heterocycles. The summed E-state index contributed by atoms with van der Waals surface area (Å²) in [6, 6.07) is 3.33. The number of H-pyrrole nitrogens is 1. The monoisotopic (exact) mass is 547 g/mol. The summed E-state index contributed by atoms with van der Waals surface area (Å²) in [6.45, 7) is 9.17. The summed E-state index contributed by atoms with van der Waals surface area (Å²) in [5.41, 5.74) is -0.809. The number of carbonyl (C=O) groups excluding carboxylic acids is 2. The molecule has 13 atom stereocenters. The molecule has 1 saturated heterocycles. The first-order valence-corrected chi connectivity index (χ1v) is 13.8. The molecule has 4 aliphatic rings. The van der Waals surface area contributed by atoms with Crippen molar-refractivity contribution in [3.63, 3.8) is 0 Å². The van der Waals surface area contributed by atoms with Crippen LogP contribution in [0.2, 0.25) is 0 Å². The van der Waals surface area contributed by atoms with E-state index in [0.717, 1.165) is 5.57 Å². The summed E-state index contributed by atoms with van der Waals surface area (Å²) < 4.78 is 24.3. The third-order valence-electron chi connectivity index (χ3n) is 9.96. The van der Waals surface area contributed by atoms with E-state index < -0.39 is 89.4 Å². The van der Waals surface area contributed by atoms with Crippen LogP contribution in [0.25, 0.3) is 0 Å². The van der Waals surface area contributed by atoms with Crippen LogP contribution in [0.1, 0.15) is 57.9 Å². The van der Waals surface area contributed by atoms with E-state index in [4.69, 9.17) is 18.9 Å². The van der Waals surface area contributed by atoms with Crippen LogP contribution in [-0.2, 0) is 23.7 Å². The van der Waals surface area contributed by atoms with Gasteiger partial charge in [0, 0.05) is 42.4 Å². The standard InChI is InChI=1S/C29H41NO9/c1-13-10-14(2)29-17(11-20(36-6)27(35)37-22(13)16(4)31)19(32)12-28(5)24(29)21(33)15(3)23(25(28)39-29)38-26(34)18-8-7-9-30-18/h7-10,13,15-17,19-25,30-33H,11-12H2,1-6H3/b14-10+/t13-,15-,16-,17+,19+,20+,21-,22+,23-,24-,25+,28-,29+/m1/s1. The van der Waals surface area contributed by atoms with Gasteiger partial charge in [-0.05, 0) is 44.4 Å². The highest BCUT2D eigenvalue weighted by molar-refractivity contribution is 5.87. The summed E-state index contributed by atoms with van der Waals surface area (Å²) in [6.07, 6.45) is -2.01. The molecule has 4 bridgehead atoms. The van der Waals surface area contributed by atoms with Crippen molar-refractivity contribution < 1.29 is 43.9 Å². The lowest BCUT2D eigenvalue weighted by Gasteiger charge is -2.56. The van der Waals surface area contributed by atoms with Crippen molar-refractivity contribution in [2.24, 2.45) is 29.1 Å². The Morgan fingerprint density at radius 1 is 1.28 bits per heavy atom. The number of methoxy groups -OCH3 is 1. The molecular formula is C29H41NO9. The number of aliphatic hydroxyl groups excluding tert-OH is 3. The Bertz CT molecular complexity index is 1120. The van der Waals surface area contributed by atoms with E-state index >= 15 is 0 Å². The average Bonchev–Trinajstić information content (AvgIpc) is 3.45. The highest BCUT2D eigenvalue weighted by atomic mass is 16.6. The van der Waals surface area contributed by atoms with Gasteiger partial charge in [0.2, 0.25) is 0 Å². The number of cyclic esters (lactones) is 1. The predicted molar refractivity (Wildman–Crippen MR) is 138 cm³/mol. The molecule has 2 aliphatic heterocycles. The molecule has 5 rings (SSSR count). The van der Waals surface area contributed by atoms with Crippen LogP contribution in [0.15, 0.2) is 30.0 Å². The zero-order valence-electron chi connectivity index (χ0n) is 23.4. The SMILES string of the molecule is CO[C@H]1C[C@H]2[C@@H](O)C[C@]3(C)[C@H]4[C@H](O)[C@@H](C)[C@@H](OC(=O)c5ccc[nH]5)[C@@H]3O[C@]42/C(C)=C/[C@@H](C)[C@@H]([C@@H](C)O)OC1=O. The van der Waals surface area contributed by atoms with Crippen LogP contribution in [0.4, 0.5) is 0 Å². The van der Waals surface area contributed by atoms with E-state index in [-0.39, 0.29) is 6.42 Å². The lowest BCUT2D eigenvalue weighted by atomic mass is 9.48. The molecule has 3 heterocycles. The van der Waals surface area contributed by atoms with E-state index in [1.165, 1.54) is 7.11 Å². The van der Waals surface area contributed by atoms with Crippen molar-refractivity contribution in [3.05, 3.63) is 35.7 Å². The molecule has 10 nitrogen and oxygen atoms in total. The maximum atomic E-state index is 13.2. The van der Waals surface area contributed by atoms with Crippen molar-refractivity contribution in [1.29, 1.82) is 0 Å². The van der Waals surface area contributed by atoms with E-state index in [9.17, 15) is 24.9 Å². The zero-order chi connectivity index (χ0) is 28.4. The maximum Gasteiger partial charge on any atom is 0.355 e. The molecule has 0 unspecified atom stereocenters. The molecule has 2 aliphatic carbocycles. The number of nitrogens with one attached hydrogen (secondary N) is 1. The second-order valence-corrected chi connectivity index (χ2v) is 12.3. The Morgan fingerprint density at radius 2 is 2.00 bits per heavy atom. The molecule has 1 spiro atoms. The zero-order valence-corrected chi connectivity index (χ0v) is 23.4. The highest BCUT2D eigenvalue weighted by Gasteiger charge is 2.76. The lowest BCUT2D eigenvalue weighted by molar-refractivity contribution is -0.179. The Morgan fingerprint density at radius 3 is 2.62 bits per heavy atom. The van der Waals surface area contributed by atoms with Gasteiger partial charge in [0.15, 0.2) is 6.10 Å². The molecule has 2 saturated carbocycles. The Kier molecular flexibility index (Phi) is 7.25. The lowest BCUT2D eigenvalue weighted by Crippen LogP contribution is -2.65. The fourth-order valence-corrected chi connectivity index (χ4v) is 8.15. The van der Waals surface area contributed by atoms with E-state index in [1.807, 2.05) is 33.8 Å². The molecule has 4 N–H and O–H groups in total. The van der Waals surface area contributed by atoms with E-state index in [1.54, 1.807) is 25.3 Å². The highest BCUT2D eigenvalue weighted by Crippen LogP contribution is 2.68. The maximum absolute atomic E-state index is 13.2. The van der Waals surface area contributed by atoms with Crippen LogP contribution in [0.3, 0.4) is 0 Å². The van der Waals surface area contributed by atoms with Crippen molar-refractivity contribution in [3.8, 4) is 0 Å². The first kappa shape index (κ1) is 28.3. The van der Waals surface area contributed by atoms with Crippen LogP contribution >= 0.6 is 0 Å². The van der Waals surface area contributed by atoms with Gasteiger partial charge in [-0.2, -0.15) is 0 Å². The van der Waals surface area contributed by atoms with Crippen molar-refractivity contribution >= 4 is 11.9 Å². The van der Waals surface area contributed by atoms with Crippen molar-refractivity contribution in [1.82, 2.24) is 4.98 Å². The fourth-order valence-electron chi connectivity index (χ4n) is 8.15. The van der Waals surface area contributed by atoms with E-state index in [0.29, 0.717) is 12.1 Å². The van der Waals surface area contributed by atoms with Gasteiger partial charge in [0.05, 0.1) is 18.3 Å². The number of aromatic nitrogens is 1. The number of ether oxygens (including phenoxy) is 4. The van der Waals surface area contributed by atoms with Crippen molar-refractivity contribution in [2.75, 3.05) is 7.11 Å². The van der Waals surface area contributed by atoms with Gasteiger partial charge in [-0.1, -0.05) is 26.8 Å². The average molecular weight is 548 g/mol. The number of rotatable bonds is 4. The quantitative estimate of drug-likeness (QED) is 0.328. The molecular weight excluding hydrogens is 506 g/mol. The third-order valence-corrected chi connectivity index (χ3v) is 9.96. The minimum absolute atomic E-state index is 0.0932. The molecule has 0 radical (unpaired) electrons. The van der Waals surface area contributed by atoms with E-state index in [2.05, 4.69) is 4.98 Å². The van der Waals surface area contributed by atoms with Crippen molar-refractivity contribution in [2.45, 2.75) is 95.8 Å². The Hall–Kier alpha value is -2.24. The fraction of sp³-hybridized carbons (Fsp3) is 0.724. The van der Waals surface area contributed by atoms with Crippen LogP contribution in [0.5, 0.6) is 0 Å². The van der Waals surface area contributed by atoms with Gasteiger partial charge in [-0.25, -0.2) is 9.59 Å². The van der Waals surface area contributed by atoms with Crippen LogP contribution in [0, 0.1) is 29.1 Å². The number of hydrogen-bond acceptors (Lipinski definition) is 9. The first-order chi connectivity index (χ1) is 18.4. The first-order valence-electron chi connectivity index (χ1n) is 13.8. The van der Waals surface area contributed by atoms with Gasteiger partial charge in [-0.15, -0.1) is 0 Å². The largest absolute Gasteiger partial charge is 0.457 e. The van der Waals surface area contributed by atoms with Gasteiger partial charge in [-0.3, -0.25) is 0 Å². The molecule has 39 heavy (non-hydrogen) atoms. The van der Waals surface area contributed by atoms with Gasteiger partial charge in [0.25, 0.3) is 0 Å². The summed E-state index contributed by atoms with van der Waals surface area (Å²) in [5, 5.41) is 34.0. The normalized spacial score (nSPS) is 47.8. The van der Waals surface area contributed by atoms with Gasteiger partial charge < -0.3 is 39.3 Å². The smallest absolute Gasteiger partial charge is 0.355 e. The third kappa shape index (κ3) is 4.18.